The van der Waals surface area contributed by atoms with Crippen LogP contribution in [0.4, 0.5) is 5.69 Å². The lowest BCUT2D eigenvalue weighted by Gasteiger charge is -2.40. The van der Waals surface area contributed by atoms with E-state index >= 15 is 0 Å². The zero-order valence-electron chi connectivity index (χ0n) is 11.6. The molecule has 1 aliphatic carbocycles. The summed E-state index contributed by atoms with van der Waals surface area (Å²) in [6.07, 6.45) is 5.40. The maximum absolute atomic E-state index is 3.78. The number of anilines is 1. The largest absolute Gasteiger partial charge is 0.382 e. The fourth-order valence-corrected chi connectivity index (χ4v) is 2.86. The average Bonchev–Trinajstić information content (AvgIpc) is 2.27. The molecule has 1 aromatic carbocycles. The minimum Gasteiger partial charge on any atom is -0.382 e. The smallest absolute Gasteiger partial charge is 0.0374 e. The van der Waals surface area contributed by atoms with Gasteiger partial charge in [0.05, 0.1) is 0 Å². The highest BCUT2D eigenvalue weighted by Gasteiger charge is 2.32. The lowest BCUT2D eigenvalue weighted by Crippen LogP contribution is -2.39. The van der Waals surface area contributed by atoms with Crippen LogP contribution in [0.15, 0.2) is 18.2 Å². The molecule has 1 heteroatoms. The fraction of sp³-hybridized carbons (Fsp3) is 0.625. The van der Waals surface area contributed by atoms with Crippen LogP contribution in [0.25, 0.3) is 0 Å². The van der Waals surface area contributed by atoms with Gasteiger partial charge in [-0.2, -0.15) is 0 Å². The van der Waals surface area contributed by atoms with Crippen LogP contribution in [0.3, 0.4) is 0 Å². The Bertz CT molecular complexity index is 393. The van der Waals surface area contributed by atoms with Crippen molar-refractivity contribution in [1.29, 1.82) is 0 Å². The molecule has 0 saturated heterocycles. The first-order valence-electron chi connectivity index (χ1n) is 6.83. The Hall–Kier alpha value is -0.980. The van der Waals surface area contributed by atoms with Crippen LogP contribution < -0.4 is 5.32 Å². The van der Waals surface area contributed by atoms with Gasteiger partial charge in [0, 0.05) is 11.7 Å². The lowest BCUT2D eigenvalue weighted by molar-refractivity contribution is 0.217. The second-order valence-corrected chi connectivity index (χ2v) is 6.18. The van der Waals surface area contributed by atoms with Crippen molar-refractivity contribution in [2.75, 3.05) is 5.32 Å². The topological polar surface area (TPSA) is 12.0 Å². The molecular formula is C16H25N. The van der Waals surface area contributed by atoms with Crippen LogP contribution in [0.2, 0.25) is 0 Å². The molecule has 0 aliphatic heterocycles. The van der Waals surface area contributed by atoms with Crippen LogP contribution in [-0.2, 0) is 0 Å². The van der Waals surface area contributed by atoms with Crippen LogP contribution in [0.5, 0.6) is 0 Å². The quantitative estimate of drug-likeness (QED) is 0.779. The van der Waals surface area contributed by atoms with Crippen LogP contribution in [-0.4, -0.2) is 6.04 Å². The Morgan fingerprint density at radius 1 is 1.18 bits per heavy atom. The maximum Gasteiger partial charge on any atom is 0.0374 e. The summed E-state index contributed by atoms with van der Waals surface area (Å²) < 4.78 is 0. The molecule has 0 spiro atoms. The molecule has 1 N–H and O–H groups in total. The van der Waals surface area contributed by atoms with E-state index in [0.29, 0.717) is 11.5 Å². The van der Waals surface area contributed by atoms with Crippen molar-refractivity contribution in [2.24, 2.45) is 5.41 Å². The Kier molecular flexibility index (Phi) is 3.46. The first-order valence-corrected chi connectivity index (χ1v) is 6.83. The average molecular weight is 231 g/mol. The molecule has 17 heavy (non-hydrogen) atoms. The lowest BCUT2D eigenvalue weighted by atomic mass is 9.73. The van der Waals surface area contributed by atoms with E-state index in [9.17, 15) is 0 Å². The summed E-state index contributed by atoms with van der Waals surface area (Å²) in [5, 5.41) is 3.78. The summed E-state index contributed by atoms with van der Waals surface area (Å²) in [6.45, 7) is 9.20. The molecule has 1 nitrogen and oxygen atoms in total. The van der Waals surface area contributed by atoms with Crippen molar-refractivity contribution in [1.82, 2.24) is 0 Å². The second-order valence-electron chi connectivity index (χ2n) is 6.18. The van der Waals surface area contributed by atoms with Crippen LogP contribution >= 0.6 is 0 Å². The maximum atomic E-state index is 3.78. The fourth-order valence-electron chi connectivity index (χ4n) is 2.86. The Morgan fingerprint density at radius 3 is 2.65 bits per heavy atom. The summed E-state index contributed by atoms with van der Waals surface area (Å²) in [5.41, 5.74) is 4.52. The minimum absolute atomic E-state index is 0.425. The third kappa shape index (κ3) is 2.65. The van der Waals surface area contributed by atoms with E-state index in [1.54, 1.807) is 0 Å². The number of aryl methyl sites for hydroxylation is 1. The summed E-state index contributed by atoms with van der Waals surface area (Å²) in [6, 6.07) is 7.18. The van der Waals surface area contributed by atoms with Crippen molar-refractivity contribution < 1.29 is 0 Å². The van der Waals surface area contributed by atoms with Gasteiger partial charge in [0.15, 0.2) is 0 Å². The second kappa shape index (κ2) is 4.72. The van der Waals surface area contributed by atoms with Gasteiger partial charge in [0.25, 0.3) is 0 Å². The highest BCUT2D eigenvalue weighted by Crippen LogP contribution is 2.37. The first-order chi connectivity index (χ1) is 8.00. The monoisotopic (exact) mass is 231 g/mol. The van der Waals surface area contributed by atoms with Gasteiger partial charge in [0.2, 0.25) is 0 Å². The van der Waals surface area contributed by atoms with E-state index in [1.165, 1.54) is 42.5 Å². The zero-order valence-corrected chi connectivity index (χ0v) is 11.6. The summed E-state index contributed by atoms with van der Waals surface area (Å²) in [7, 11) is 0. The number of benzene rings is 1. The SMILES string of the molecule is Cc1cccc(NC2CCCCC2(C)C)c1C. The summed E-state index contributed by atoms with van der Waals surface area (Å²) in [4.78, 5) is 0. The van der Waals surface area contributed by atoms with E-state index in [-0.39, 0.29) is 0 Å². The van der Waals surface area contributed by atoms with Gasteiger partial charge >= 0.3 is 0 Å². The third-order valence-corrected chi connectivity index (χ3v) is 4.44. The molecule has 0 radical (unpaired) electrons. The predicted octanol–water partition coefficient (Wildman–Crippen LogP) is 4.68. The van der Waals surface area contributed by atoms with Gasteiger partial charge in [0.1, 0.15) is 0 Å². The zero-order chi connectivity index (χ0) is 12.5. The molecule has 0 heterocycles. The van der Waals surface area contributed by atoms with E-state index in [1.807, 2.05) is 0 Å². The molecule has 1 aromatic rings. The number of rotatable bonds is 2. The molecule has 0 aromatic heterocycles. The Balaban J connectivity index is 2.17. The molecule has 2 rings (SSSR count). The Labute approximate surface area is 106 Å². The minimum atomic E-state index is 0.425. The number of hydrogen-bond donors (Lipinski definition) is 1. The molecular weight excluding hydrogens is 206 g/mol. The summed E-state index contributed by atoms with van der Waals surface area (Å²) in [5.74, 6) is 0. The van der Waals surface area contributed by atoms with E-state index in [4.69, 9.17) is 0 Å². The van der Waals surface area contributed by atoms with Crippen molar-refractivity contribution in [3.05, 3.63) is 29.3 Å². The summed E-state index contributed by atoms with van der Waals surface area (Å²) >= 11 is 0. The molecule has 1 unspecified atom stereocenters. The first kappa shape index (κ1) is 12.5. The van der Waals surface area contributed by atoms with Gasteiger partial charge < -0.3 is 5.32 Å². The van der Waals surface area contributed by atoms with Crippen molar-refractivity contribution in [3.63, 3.8) is 0 Å². The van der Waals surface area contributed by atoms with Gasteiger partial charge in [-0.15, -0.1) is 0 Å². The van der Waals surface area contributed by atoms with E-state index in [0.717, 1.165) is 0 Å². The molecule has 1 fully saturated rings. The molecule has 94 valence electrons. The van der Waals surface area contributed by atoms with Crippen molar-refractivity contribution in [2.45, 2.75) is 59.4 Å². The number of nitrogens with one attached hydrogen (secondary N) is 1. The standard InChI is InChI=1S/C16H25N/c1-12-8-7-9-14(13(12)2)17-15-10-5-6-11-16(15,3)4/h7-9,15,17H,5-6,10-11H2,1-4H3. The van der Waals surface area contributed by atoms with E-state index < -0.39 is 0 Å². The van der Waals surface area contributed by atoms with Gasteiger partial charge in [-0.1, -0.05) is 38.8 Å². The van der Waals surface area contributed by atoms with Gasteiger partial charge in [-0.05, 0) is 49.3 Å². The van der Waals surface area contributed by atoms with Crippen molar-refractivity contribution >= 4 is 5.69 Å². The van der Waals surface area contributed by atoms with Gasteiger partial charge in [-0.3, -0.25) is 0 Å². The van der Waals surface area contributed by atoms with E-state index in [2.05, 4.69) is 51.2 Å². The highest BCUT2D eigenvalue weighted by molar-refractivity contribution is 5.54. The van der Waals surface area contributed by atoms with Crippen molar-refractivity contribution in [3.8, 4) is 0 Å². The molecule has 1 saturated carbocycles. The Morgan fingerprint density at radius 2 is 1.94 bits per heavy atom. The van der Waals surface area contributed by atoms with Crippen LogP contribution in [0, 0.1) is 19.3 Å². The predicted molar refractivity (Wildman–Crippen MR) is 75.6 cm³/mol. The molecule has 0 amide bonds. The molecule has 1 atom stereocenters. The highest BCUT2D eigenvalue weighted by atomic mass is 14.9. The van der Waals surface area contributed by atoms with Crippen LogP contribution in [0.1, 0.15) is 50.7 Å². The molecule has 1 aliphatic rings. The number of hydrogen-bond acceptors (Lipinski definition) is 1. The van der Waals surface area contributed by atoms with Gasteiger partial charge in [-0.25, -0.2) is 0 Å². The molecule has 0 bridgehead atoms. The third-order valence-electron chi connectivity index (χ3n) is 4.44. The normalized spacial score (nSPS) is 23.4.